The van der Waals surface area contributed by atoms with Crippen LogP contribution in [0.25, 0.3) is 0 Å². The van der Waals surface area contributed by atoms with Crippen molar-refractivity contribution in [1.29, 1.82) is 0 Å². The molecule has 0 saturated carbocycles. The number of fused-ring (bicyclic) bond motifs is 1. The average Bonchev–Trinajstić information content (AvgIpc) is 2.83. The number of aryl methyl sites for hydroxylation is 2. The van der Waals surface area contributed by atoms with Crippen LogP contribution in [0.5, 0.6) is 0 Å². The molecule has 4 heteroatoms. The maximum atomic E-state index is 13.2. The standard InChI is InChI=1S/C23H27NO3/c1-6-11-24-19-10-8-7-9-18(19)23(27,22(24)26)13-20(25)21-16(4)14(2)12-15(3)17(21)5/h7-10,12,27H,6,11,13H2,1-5H3. The Bertz CT molecular complexity index is 905. The van der Waals surface area contributed by atoms with Gasteiger partial charge < -0.3 is 10.0 Å². The van der Waals surface area contributed by atoms with Crippen LogP contribution in [-0.2, 0) is 10.4 Å². The minimum Gasteiger partial charge on any atom is -0.375 e. The SMILES string of the molecule is CCCN1C(=O)C(O)(CC(=O)c2c(C)c(C)cc(C)c2C)c2ccccc21. The highest BCUT2D eigenvalue weighted by Crippen LogP contribution is 2.43. The molecule has 1 amide bonds. The second kappa shape index (κ2) is 6.93. The lowest BCUT2D eigenvalue weighted by molar-refractivity contribution is -0.135. The van der Waals surface area contributed by atoms with E-state index in [1.807, 2.05) is 46.8 Å². The summed E-state index contributed by atoms with van der Waals surface area (Å²) < 4.78 is 0. The second-order valence-electron chi connectivity index (χ2n) is 7.57. The molecule has 142 valence electrons. The van der Waals surface area contributed by atoms with Gasteiger partial charge in [0.15, 0.2) is 11.4 Å². The van der Waals surface area contributed by atoms with Crippen LogP contribution in [0.4, 0.5) is 5.69 Å². The molecule has 0 aliphatic carbocycles. The van der Waals surface area contributed by atoms with E-state index in [1.165, 1.54) is 0 Å². The van der Waals surface area contributed by atoms with Crippen LogP contribution in [0, 0.1) is 27.7 Å². The average molecular weight is 365 g/mol. The minimum absolute atomic E-state index is 0.194. The van der Waals surface area contributed by atoms with Crippen molar-refractivity contribution in [3.63, 3.8) is 0 Å². The van der Waals surface area contributed by atoms with Gasteiger partial charge in [0.05, 0.1) is 12.1 Å². The van der Waals surface area contributed by atoms with Crippen LogP contribution < -0.4 is 4.90 Å². The molecule has 4 nitrogen and oxygen atoms in total. The molecule has 3 rings (SSSR count). The van der Waals surface area contributed by atoms with E-state index >= 15 is 0 Å². The third-order valence-electron chi connectivity index (χ3n) is 5.75. The highest BCUT2D eigenvalue weighted by molar-refractivity contribution is 6.11. The van der Waals surface area contributed by atoms with Crippen LogP contribution in [0.2, 0.25) is 0 Å². The summed E-state index contributed by atoms with van der Waals surface area (Å²) in [5.41, 5.74) is 3.95. The zero-order valence-corrected chi connectivity index (χ0v) is 16.7. The molecule has 1 N–H and O–H groups in total. The number of ketones is 1. The molecule has 1 aliphatic rings. The monoisotopic (exact) mass is 365 g/mol. The number of carbonyl (C=O) groups excluding carboxylic acids is 2. The summed E-state index contributed by atoms with van der Waals surface area (Å²) in [6, 6.07) is 9.29. The molecule has 27 heavy (non-hydrogen) atoms. The molecule has 2 aromatic carbocycles. The van der Waals surface area contributed by atoms with Gasteiger partial charge in [-0.15, -0.1) is 0 Å². The number of nitrogens with zero attached hydrogens (tertiary/aromatic N) is 1. The highest BCUT2D eigenvalue weighted by atomic mass is 16.3. The molecule has 1 aliphatic heterocycles. The van der Waals surface area contributed by atoms with E-state index in [0.717, 1.165) is 28.7 Å². The summed E-state index contributed by atoms with van der Waals surface area (Å²) in [5, 5.41) is 11.3. The van der Waals surface area contributed by atoms with E-state index in [1.54, 1.807) is 17.0 Å². The van der Waals surface area contributed by atoms with Gasteiger partial charge in [0.1, 0.15) is 0 Å². The molecule has 0 spiro atoms. The van der Waals surface area contributed by atoms with Gasteiger partial charge >= 0.3 is 0 Å². The number of anilines is 1. The quantitative estimate of drug-likeness (QED) is 0.810. The van der Waals surface area contributed by atoms with Crippen LogP contribution in [-0.4, -0.2) is 23.3 Å². The first kappa shape index (κ1) is 19.3. The number of benzene rings is 2. The molecule has 0 bridgehead atoms. The number of hydrogen-bond acceptors (Lipinski definition) is 3. The first-order valence-corrected chi connectivity index (χ1v) is 9.46. The number of aliphatic hydroxyl groups is 1. The van der Waals surface area contributed by atoms with Crippen molar-refractivity contribution in [3.05, 3.63) is 63.7 Å². The zero-order chi connectivity index (χ0) is 19.9. The smallest absolute Gasteiger partial charge is 0.264 e. The Hall–Kier alpha value is -2.46. The first-order chi connectivity index (χ1) is 12.7. The van der Waals surface area contributed by atoms with E-state index in [-0.39, 0.29) is 12.2 Å². The van der Waals surface area contributed by atoms with E-state index in [9.17, 15) is 14.7 Å². The van der Waals surface area contributed by atoms with E-state index in [2.05, 4.69) is 6.07 Å². The largest absolute Gasteiger partial charge is 0.375 e. The highest BCUT2D eigenvalue weighted by Gasteiger charge is 2.50. The fraction of sp³-hybridized carbons (Fsp3) is 0.391. The zero-order valence-electron chi connectivity index (χ0n) is 16.7. The summed E-state index contributed by atoms with van der Waals surface area (Å²) in [6.45, 7) is 10.3. The summed E-state index contributed by atoms with van der Waals surface area (Å²) >= 11 is 0. The first-order valence-electron chi connectivity index (χ1n) is 9.46. The van der Waals surface area contributed by atoms with Crippen LogP contribution in [0.1, 0.15) is 57.9 Å². The van der Waals surface area contributed by atoms with Gasteiger partial charge in [0.2, 0.25) is 0 Å². The van der Waals surface area contributed by atoms with Gasteiger partial charge in [-0.2, -0.15) is 0 Å². The summed E-state index contributed by atoms with van der Waals surface area (Å²) in [7, 11) is 0. The number of hydrogen-bond donors (Lipinski definition) is 1. The number of amides is 1. The molecule has 0 fully saturated rings. The van der Waals surface area contributed by atoms with Crippen molar-refractivity contribution in [2.75, 3.05) is 11.4 Å². The van der Waals surface area contributed by atoms with Crippen molar-refractivity contribution >= 4 is 17.4 Å². The molecule has 1 unspecified atom stereocenters. The van der Waals surface area contributed by atoms with Gasteiger partial charge in [0.25, 0.3) is 5.91 Å². The lowest BCUT2D eigenvalue weighted by Gasteiger charge is -2.24. The van der Waals surface area contributed by atoms with Crippen molar-refractivity contribution < 1.29 is 14.7 Å². The Balaban J connectivity index is 2.05. The van der Waals surface area contributed by atoms with E-state index in [4.69, 9.17) is 0 Å². The predicted octanol–water partition coefficient (Wildman–Crippen LogP) is 4.14. The van der Waals surface area contributed by atoms with Gasteiger partial charge in [0, 0.05) is 17.7 Å². The predicted molar refractivity (Wildman–Crippen MR) is 107 cm³/mol. The lowest BCUT2D eigenvalue weighted by atomic mass is 9.84. The minimum atomic E-state index is -1.81. The molecular weight excluding hydrogens is 338 g/mol. The van der Waals surface area contributed by atoms with Gasteiger partial charge in [-0.1, -0.05) is 31.2 Å². The Morgan fingerprint density at radius 3 is 2.26 bits per heavy atom. The fourth-order valence-electron chi connectivity index (χ4n) is 4.08. The van der Waals surface area contributed by atoms with Crippen molar-refractivity contribution in [2.45, 2.75) is 53.1 Å². The van der Waals surface area contributed by atoms with Gasteiger partial charge in [-0.3, -0.25) is 9.59 Å². The van der Waals surface area contributed by atoms with Crippen LogP contribution >= 0.6 is 0 Å². The number of Topliss-reactive ketones (excluding diaryl/α,β-unsaturated/α-hetero) is 1. The van der Waals surface area contributed by atoms with Crippen molar-refractivity contribution in [3.8, 4) is 0 Å². The Morgan fingerprint density at radius 1 is 1.07 bits per heavy atom. The van der Waals surface area contributed by atoms with Gasteiger partial charge in [-0.05, 0) is 62.4 Å². The normalized spacial score (nSPS) is 18.7. The Morgan fingerprint density at radius 2 is 1.67 bits per heavy atom. The van der Waals surface area contributed by atoms with Gasteiger partial charge in [-0.25, -0.2) is 0 Å². The Kier molecular flexibility index (Phi) is 4.96. The molecular formula is C23H27NO3. The summed E-state index contributed by atoms with van der Waals surface area (Å²) in [4.78, 5) is 27.9. The third kappa shape index (κ3) is 2.98. The summed E-state index contributed by atoms with van der Waals surface area (Å²) in [6.07, 6.45) is 0.535. The molecule has 0 radical (unpaired) electrons. The third-order valence-corrected chi connectivity index (χ3v) is 5.75. The topological polar surface area (TPSA) is 57.6 Å². The molecule has 2 aromatic rings. The van der Waals surface area contributed by atoms with Crippen molar-refractivity contribution in [2.24, 2.45) is 0 Å². The number of rotatable bonds is 5. The maximum Gasteiger partial charge on any atom is 0.264 e. The maximum absolute atomic E-state index is 13.2. The molecule has 0 aromatic heterocycles. The van der Waals surface area contributed by atoms with Crippen LogP contribution in [0.3, 0.4) is 0 Å². The molecule has 0 saturated heterocycles. The number of para-hydroxylation sites is 1. The molecule has 1 atom stereocenters. The van der Waals surface area contributed by atoms with Crippen LogP contribution in [0.15, 0.2) is 30.3 Å². The van der Waals surface area contributed by atoms with Crippen molar-refractivity contribution in [1.82, 2.24) is 0 Å². The fourth-order valence-corrected chi connectivity index (χ4v) is 4.08. The van der Waals surface area contributed by atoms with E-state index < -0.39 is 11.5 Å². The summed E-state index contributed by atoms with van der Waals surface area (Å²) in [5.74, 6) is -0.598. The van der Waals surface area contributed by atoms with E-state index in [0.29, 0.717) is 23.4 Å². The lowest BCUT2D eigenvalue weighted by Crippen LogP contribution is -2.42. The molecule has 1 heterocycles. The number of carbonyl (C=O) groups is 2. The second-order valence-corrected chi connectivity index (χ2v) is 7.57. The Labute approximate surface area is 160 Å².